The van der Waals surface area contributed by atoms with Gasteiger partial charge in [0, 0.05) is 18.4 Å². The summed E-state index contributed by atoms with van der Waals surface area (Å²) in [6.45, 7) is 0. The number of rotatable bonds is 1. The summed E-state index contributed by atoms with van der Waals surface area (Å²) < 4.78 is 12.7. The molecule has 0 aromatic heterocycles. The molecule has 0 bridgehead atoms. The predicted octanol–water partition coefficient (Wildman–Crippen LogP) is 1.68. The molecule has 0 spiro atoms. The fourth-order valence-corrected chi connectivity index (χ4v) is 1.85. The van der Waals surface area contributed by atoms with Crippen molar-refractivity contribution in [3.63, 3.8) is 0 Å². The number of para-hydroxylation sites is 1. The molecule has 1 fully saturated rings. The molecule has 2 nitrogen and oxygen atoms in total. The number of halogens is 1. The van der Waals surface area contributed by atoms with Crippen LogP contribution in [0.25, 0.3) is 0 Å². The van der Waals surface area contributed by atoms with E-state index in [1.54, 1.807) is 24.3 Å². The summed E-state index contributed by atoms with van der Waals surface area (Å²) in [4.78, 5) is 0. The highest BCUT2D eigenvalue weighted by Crippen LogP contribution is 2.43. The summed E-state index contributed by atoms with van der Waals surface area (Å²) in [6.07, 6.45) is -0.195. The lowest BCUT2D eigenvalue weighted by Gasteiger charge is -2.41. The maximum Gasteiger partial charge on any atom is 0.120 e. The molecule has 3 N–H and O–H groups in total. The highest BCUT2D eigenvalue weighted by atomic mass is 19.1. The molecule has 0 aliphatic heterocycles. The molecule has 3 heteroatoms. The van der Waals surface area contributed by atoms with Crippen LogP contribution in [0.4, 0.5) is 4.39 Å². The Balaban J connectivity index is 2.31. The first-order chi connectivity index (χ1) is 6.12. The van der Waals surface area contributed by atoms with Gasteiger partial charge in [0.2, 0.25) is 0 Å². The Hall–Kier alpha value is -1.09. The molecular formula is C10H12FNO. The first-order valence-electron chi connectivity index (χ1n) is 4.33. The minimum Gasteiger partial charge on any atom is -0.508 e. The fourth-order valence-electron chi connectivity index (χ4n) is 1.85. The maximum atomic E-state index is 12.7. The molecule has 0 saturated heterocycles. The molecule has 70 valence electrons. The summed E-state index contributed by atoms with van der Waals surface area (Å²) in [5, 5.41) is 9.49. The maximum absolute atomic E-state index is 12.7. The van der Waals surface area contributed by atoms with E-state index in [4.69, 9.17) is 5.73 Å². The predicted molar refractivity (Wildman–Crippen MR) is 48.1 cm³/mol. The highest BCUT2D eigenvalue weighted by molar-refractivity contribution is 5.39. The molecule has 1 aromatic carbocycles. The molecule has 0 atom stereocenters. The molecule has 1 saturated carbocycles. The van der Waals surface area contributed by atoms with Crippen molar-refractivity contribution in [2.45, 2.75) is 24.6 Å². The largest absolute Gasteiger partial charge is 0.508 e. The van der Waals surface area contributed by atoms with Gasteiger partial charge >= 0.3 is 0 Å². The van der Waals surface area contributed by atoms with Crippen molar-refractivity contribution >= 4 is 0 Å². The van der Waals surface area contributed by atoms with Gasteiger partial charge in [-0.3, -0.25) is 0 Å². The van der Waals surface area contributed by atoms with Gasteiger partial charge in [0.1, 0.15) is 11.9 Å². The van der Waals surface area contributed by atoms with Gasteiger partial charge in [-0.15, -0.1) is 0 Å². The molecule has 1 aliphatic rings. The van der Waals surface area contributed by atoms with Crippen LogP contribution in [-0.2, 0) is 5.54 Å². The topological polar surface area (TPSA) is 46.2 Å². The molecule has 1 aliphatic carbocycles. The second-order valence-electron chi connectivity index (χ2n) is 3.68. The van der Waals surface area contributed by atoms with Gasteiger partial charge < -0.3 is 10.8 Å². The Morgan fingerprint density at radius 1 is 1.38 bits per heavy atom. The molecular weight excluding hydrogens is 169 g/mol. The van der Waals surface area contributed by atoms with E-state index < -0.39 is 11.7 Å². The van der Waals surface area contributed by atoms with Gasteiger partial charge in [0.15, 0.2) is 0 Å². The SMILES string of the molecule is NC1(c2ccccc2O)CC(F)C1. The van der Waals surface area contributed by atoms with Gasteiger partial charge in [-0.25, -0.2) is 4.39 Å². The van der Waals surface area contributed by atoms with Crippen molar-refractivity contribution in [2.75, 3.05) is 0 Å². The van der Waals surface area contributed by atoms with Crippen molar-refractivity contribution in [3.8, 4) is 5.75 Å². The smallest absolute Gasteiger partial charge is 0.120 e. The van der Waals surface area contributed by atoms with E-state index in [-0.39, 0.29) is 5.75 Å². The van der Waals surface area contributed by atoms with Crippen LogP contribution in [0.5, 0.6) is 5.75 Å². The van der Waals surface area contributed by atoms with E-state index in [2.05, 4.69) is 0 Å². The number of aromatic hydroxyl groups is 1. The Morgan fingerprint density at radius 2 is 2.00 bits per heavy atom. The molecule has 2 rings (SSSR count). The number of hydrogen-bond donors (Lipinski definition) is 2. The Labute approximate surface area is 76.2 Å². The average molecular weight is 181 g/mol. The molecule has 1 aromatic rings. The van der Waals surface area contributed by atoms with E-state index >= 15 is 0 Å². The Kier molecular flexibility index (Phi) is 1.77. The highest BCUT2D eigenvalue weighted by Gasteiger charge is 2.43. The molecule has 13 heavy (non-hydrogen) atoms. The molecule has 0 amide bonds. The van der Waals surface area contributed by atoms with Crippen LogP contribution in [-0.4, -0.2) is 11.3 Å². The lowest BCUT2D eigenvalue weighted by atomic mass is 9.71. The third-order valence-corrected chi connectivity index (χ3v) is 2.61. The van der Waals surface area contributed by atoms with Crippen LogP contribution < -0.4 is 5.73 Å². The minimum atomic E-state index is -0.815. The normalized spacial score (nSPS) is 32.6. The second-order valence-corrected chi connectivity index (χ2v) is 3.68. The summed E-state index contributed by atoms with van der Waals surface area (Å²) in [5.41, 5.74) is 5.92. The van der Waals surface area contributed by atoms with Gasteiger partial charge in [-0.05, 0) is 6.07 Å². The van der Waals surface area contributed by atoms with Gasteiger partial charge in [0.05, 0.1) is 5.54 Å². The van der Waals surface area contributed by atoms with Crippen LogP contribution in [0.1, 0.15) is 18.4 Å². The Morgan fingerprint density at radius 3 is 2.54 bits per heavy atom. The van der Waals surface area contributed by atoms with Crippen LogP contribution in [0.2, 0.25) is 0 Å². The van der Waals surface area contributed by atoms with Gasteiger partial charge in [0.25, 0.3) is 0 Å². The van der Waals surface area contributed by atoms with Crippen LogP contribution >= 0.6 is 0 Å². The second kappa shape index (κ2) is 2.70. The van der Waals surface area contributed by atoms with E-state index in [1.165, 1.54) is 0 Å². The average Bonchev–Trinajstić information content (AvgIpc) is 2.02. The number of nitrogens with two attached hydrogens (primary N) is 1. The number of phenolic OH excluding ortho intramolecular Hbond substituents is 1. The molecule has 0 unspecified atom stereocenters. The van der Waals surface area contributed by atoms with Gasteiger partial charge in [-0.2, -0.15) is 0 Å². The van der Waals surface area contributed by atoms with Crippen molar-refractivity contribution in [1.29, 1.82) is 0 Å². The lowest BCUT2D eigenvalue weighted by Crippen LogP contribution is -2.50. The van der Waals surface area contributed by atoms with Crippen LogP contribution in [0.3, 0.4) is 0 Å². The molecule has 0 radical (unpaired) electrons. The quantitative estimate of drug-likeness (QED) is 0.692. The summed E-state index contributed by atoms with van der Waals surface area (Å²) >= 11 is 0. The summed E-state index contributed by atoms with van der Waals surface area (Å²) in [7, 11) is 0. The number of benzene rings is 1. The van der Waals surface area contributed by atoms with Crippen molar-refractivity contribution in [2.24, 2.45) is 5.73 Å². The zero-order valence-electron chi connectivity index (χ0n) is 7.20. The first-order valence-corrected chi connectivity index (χ1v) is 4.33. The monoisotopic (exact) mass is 181 g/mol. The van der Waals surface area contributed by atoms with Gasteiger partial charge in [-0.1, -0.05) is 18.2 Å². The van der Waals surface area contributed by atoms with Crippen LogP contribution in [0, 0.1) is 0 Å². The number of hydrogen-bond acceptors (Lipinski definition) is 2. The number of phenols is 1. The zero-order valence-corrected chi connectivity index (χ0v) is 7.20. The van der Waals surface area contributed by atoms with Crippen molar-refractivity contribution < 1.29 is 9.50 Å². The fraction of sp³-hybridized carbons (Fsp3) is 0.400. The van der Waals surface area contributed by atoms with E-state index in [9.17, 15) is 9.50 Å². The van der Waals surface area contributed by atoms with E-state index in [1.807, 2.05) is 0 Å². The standard InChI is InChI=1S/C10H12FNO/c11-7-5-10(12,6-7)8-3-1-2-4-9(8)13/h1-4,7,13H,5-6,12H2. The molecule has 0 heterocycles. The summed E-state index contributed by atoms with van der Waals surface area (Å²) in [5.74, 6) is 0.164. The third kappa shape index (κ3) is 1.29. The third-order valence-electron chi connectivity index (χ3n) is 2.61. The zero-order chi connectivity index (χ0) is 9.47. The number of alkyl halides is 1. The van der Waals surface area contributed by atoms with E-state index in [0.29, 0.717) is 18.4 Å². The van der Waals surface area contributed by atoms with E-state index in [0.717, 1.165) is 0 Å². The minimum absolute atomic E-state index is 0.164. The van der Waals surface area contributed by atoms with Crippen molar-refractivity contribution in [3.05, 3.63) is 29.8 Å². The summed E-state index contributed by atoms with van der Waals surface area (Å²) in [6, 6.07) is 6.86. The Bertz CT molecular complexity index is 320. The first kappa shape index (κ1) is 8.51. The van der Waals surface area contributed by atoms with Crippen molar-refractivity contribution in [1.82, 2.24) is 0 Å². The lowest BCUT2D eigenvalue weighted by molar-refractivity contribution is 0.0965. The van der Waals surface area contributed by atoms with Crippen LogP contribution in [0.15, 0.2) is 24.3 Å².